The van der Waals surface area contributed by atoms with Gasteiger partial charge in [0, 0.05) is 10.3 Å². The molecule has 0 spiro atoms. The van der Waals surface area contributed by atoms with E-state index in [0.29, 0.717) is 23.4 Å². The third-order valence-electron chi connectivity index (χ3n) is 7.81. The number of aryl methyl sites for hydroxylation is 1. The van der Waals surface area contributed by atoms with Crippen LogP contribution in [-0.4, -0.2) is 30.0 Å². The fraction of sp³-hybridized carbons (Fsp3) is 0.636. The maximum atomic E-state index is 13.5. The quantitative estimate of drug-likeness (QED) is 0.458. The van der Waals surface area contributed by atoms with Crippen molar-refractivity contribution in [3.8, 4) is 0 Å². The number of esters is 1. The number of anilines is 1. The predicted octanol–water partition coefficient (Wildman–Crippen LogP) is 3.71. The molecule has 29 heavy (non-hydrogen) atoms. The highest BCUT2D eigenvalue weighted by molar-refractivity contribution is 7.17. The highest BCUT2D eigenvalue weighted by Crippen LogP contribution is 2.69. The summed E-state index contributed by atoms with van der Waals surface area (Å²) in [5.74, 6) is -1.94. The molecule has 2 saturated carbocycles. The summed E-state index contributed by atoms with van der Waals surface area (Å²) in [7, 11) is 0. The third kappa shape index (κ3) is 2.39. The summed E-state index contributed by atoms with van der Waals surface area (Å²) in [6.45, 7) is 7.48. The predicted molar refractivity (Wildman–Crippen MR) is 109 cm³/mol. The Bertz CT molecular complexity index is 945. The second kappa shape index (κ2) is 6.49. The SMILES string of the molecule is CCOC(=O)c1c(NC(=O)[C@]23CC[C@@](C)(C(=O)C2=O)C3(C)C)sc2c1CCCC2. The minimum atomic E-state index is -1.38. The molecule has 3 aliphatic rings. The van der Waals surface area contributed by atoms with Gasteiger partial charge in [0.05, 0.1) is 12.2 Å². The van der Waals surface area contributed by atoms with E-state index in [9.17, 15) is 19.2 Å². The standard InChI is InChI=1S/C22H27NO5S/c1-5-28-18(26)14-12-8-6-7-9-13(12)29-17(14)23-19(27)22-11-10-21(4,20(22,2)3)15(24)16(22)25/h5-11H2,1-4H3,(H,23,27)/t21-,22-/m0/s1. The summed E-state index contributed by atoms with van der Waals surface area (Å²) < 4.78 is 5.25. The van der Waals surface area contributed by atoms with Crippen molar-refractivity contribution >= 4 is 39.8 Å². The Labute approximate surface area is 174 Å². The van der Waals surface area contributed by atoms with Gasteiger partial charge in [-0.1, -0.05) is 20.8 Å². The minimum Gasteiger partial charge on any atom is -0.462 e. The zero-order valence-electron chi connectivity index (χ0n) is 17.4. The lowest BCUT2D eigenvalue weighted by Crippen LogP contribution is -2.47. The van der Waals surface area contributed by atoms with Crippen molar-refractivity contribution in [3.63, 3.8) is 0 Å². The van der Waals surface area contributed by atoms with Crippen LogP contribution < -0.4 is 5.32 Å². The zero-order chi connectivity index (χ0) is 21.2. The molecule has 0 aliphatic heterocycles. The fourth-order valence-corrected chi connectivity index (χ4v) is 6.83. The smallest absolute Gasteiger partial charge is 0.341 e. The van der Waals surface area contributed by atoms with Gasteiger partial charge in [-0.05, 0) is 56.4 Å². The normalized spacial score (nSPS) is 29.7. The van der Waals surface area contributed by atoms with Crippen LogP contribution in [-0.2, 0) is 32.0 Å². The summed E-state index contributed by atoms with van der Waals surface area (Å²) in [6.07, 6.45) is 4.56. The van der Waals surface area contributed by atoms with Gasteiger partial charge in [-0.2, -0.15) is 0 Å². The summed E-state index contributed by atoms with van der Waals surface area (Å²) in [5, 5.41) is 3.35. The number of thiophene rings is 1. The lowest BCUT2D eigenvalue weighted by molar-refractivity contribution is -0.147. The number of Topliss-reactive ketones (excluding diaryl/α,β-unsaturated/α-hetero) is 2. The molecular weight excluding hydrogens is 390 g/mol. The van der Waals surface area contributed by atoms with Crippen molar-refractivity contribution in [1.82, 2.24) is 0 Å². The van der Waals surface area contributed by atoms with Crippen LogP contribution in [0.1, 0.15) is 74.2 Å². The molecule has 1 heterocycles. The average Bonchev–Trinajstić information content (AvgIpc) is 3.17. The molecule has 0 radical (unpaired) electrons. The molecule has 6 nitrogen and oxygen atoms in total. The highest BCUT2D eigenvalue weighted by Gasteiger charge is 2.77. The summed E-state index contributed by atoms with van der Waals surface area (Å²) in [4.78, 5) is 52.9. The first-order valence-electron chi connectivity index (χ1n) is 10.3. The van der Waals surface area contributed by atoms with Crippen LogP contribution >= 0.6 is 11.3 Å². The van der Waals surface area contributed by atoms with Crippen LogP contribution in [0.5, 0.6) is 0 Å². The van der Waals surface area contributed by atoms with E-state index >= 15 is 0 Å². The number of carbonyl (C=O) groups is 4. The molecule has 1 amide bonds. The number of hydrogen-bond acceptors (Lipinski definition) is 6. The van der Waals surface area contributed by atoms with Gasteiger partial charge in [-0.3, -0.25) is 14.4 Å². The maximum absolute atomic E-state index is 13.5. The Morgan fingerprint density at radius 3 is 2.38 bits per heavy atom. The van der Waals surface area contributed by atoms with Gasteiger partial charge in [-0.15, -0.1) is 11.3 Å². The number of hydrogen-bond donors (Lipinski definition) is 1. The molecule has 3 aliphatic carbocycles. The van der Waals surface area contributed by atoms with Crippen molar-refractivity contribution in [3.05, 3.63) is 16.0 Å². The van der Waals surface area contributed by atoms with Gasteiger partial charge in [0.25, 0.3) is 0 Å². The lowest BCUT2D eigenvalue weighted by atomic mass is 9.64. The molecule has 7 heteroatoms. The molecule has 2 atom stereocenters. The van der Waals surface area contributed by atoms with Gasteiger partial charge in [0.15, 0.2) is 0 Å². The molecule has 2 bridgehead atoms. The van der Waals surface area contributed by atoms with E-state index in [0.717, 1.165) is 36.1 Å². The van der Waals surface area contributed by atoms with Crippen LogP contribution in [0.2, 0.25) is 0 Å². The Balaban J connectivity index is 1.75. The first kappa shape index (κ1) is 20.3. The number of rotatable bonds is 4. The average molecular weight is 418 g/mol. The van der Waals surface area contributed by atoms with Crippen LogP contribution in [0.15, 0.2) is 0 Å². The van der Waals surface area contributed by atoms with Crippen LogP contribution in [0, 0.1) is 16.2 Å². The van der Waals surface area contributed by atoms with E-state index in [1.807, 2.05) is 13.8 Å². The molecular formula is C22H27NO5S. The lowest BCUT2D eigenvalue weighted by Gasteiger charge is -2.37. The maximum Gasteiger partial charge on any atom is 0.341 e. The molecule has 0 unspecified atom stereocenters. The number of carbonyl (C=O) groups excluding carboxylic acids is 4. The number of nitrogens with one attached hydrogen (secondary N) is 1. The molecule has 1 aromatic rings. The number of ether oxygens (including phenoxy) is 1. The van der Waals surface area contributed by atoms with E-state index < -0.39 is 39.7 Å². The Hall–Kier alpha value is -2.02. The summed E-state index contributed by atoms with van der Waals surface area (Å²) >= 11 is 1.40. The van der Waals surface area contributed by atoms with Gasteiger partial charge in [0.1, 0.15) is 10.4 Å². The molecule has 156 valence electrons. The molecule has 4 rings (SSSR count). The van der Waals surface area contributed by atoms with E-state index in [1.165, 1.54) is 11.3 Å². The van der Waals surface area contributed by atoms with Gasteiger partial charge in [-0.25, -0.2) is 4.79 Å². The number of amides is 1. The van der Waals surface area contributed by atoms with E-state index in [-0.39, 0.29) is 6.61 Å². The molecule has 2 fully saturated rings. The Kier molecular flexibility index (Phi) is 4.53. The van der Waals surface area contributed by atoms with Crippen LogP contribution in [0.4, 0.5) is 5.00 Å². The fourth-order valence-electron chi connectivity index (χ4n) is 5.56. The molecule has 1 aromatic heterocycles. The van der Waals surface area contributed by atoms with Crippen molar-refractivity contribution in [1.29, 1.82) is 0 Å². The van der Waals surface area contributed by atoms with Gasteiger partial charge in [0.2, 0.25) is 17.5 Å². The van der Waals surface area contributed by atoms with Gasteiger partial charge >= 0.3 is 5.97 Å². The second-order valence-electron chi connectivity index (χ2n) is 9.11. The summed E-state index contributed by atoms with van der Waals surface area (Å²) in [6, 6.07) is 0. The van der Waals surface area contributed by atoms with Crippen LogP contribution in [0.3, 0.4) is 0 Å². The Morgan fingerprint density at radius 1 is 1.07 bits per heavy atom. The summed E-state index contributed by atoms with van der Waals surface area (Å²) in [5.41, 5.74) is -1.60. The second-order valence-corrected chi connectivity index (χ2v) is 10.2. The largest absolute Gasteiger partial charge is 0.462 e. The number of ketones is 2. The molecule has 0 saturated heterocycles. The monoisotopic (exact) mass is 417 g/mol. The van der Waals surface area contributed by atoms with Crippen molar-refractivity contribution in [2.45, 2.75) is 66.2 Å². The first-order valence-corrected chi connectivity index (χ1v) is 11.2. The third-order valence-corrected chi connectivity index (χ3v) is 9.01. The van der Waals surface area contributed by atoms with E-state index in [2.05, 4.69) is 5.32 Å². The van der Waals surface area contributed by atoms with Crippen LogP contribution in [0.25, 0.3) is 0 Å². The highest BCUT2D eigenvalue weighted by atomic mass is 32.1. The number of fused-ring (bicyclic) bond motifs is 3. The Morgan fingerprint density at radius 2 is 1.76 bits per heavy atom. The minimum absolute atomic E-state index is 0.249. The molecule has 0 aromatic carbocycles. The molecule has 1 N–H and O–H groups in total. The van der Waals surface area contributed by atoms with Crippen molar-refractivity contribution in [2.75, 3.05) is 11.9 Å². The van der Waals surface area contributed by atoms with E-state index in [1.54, 1.807) is 13.8 Å². The van der Waals surface area contributed by atoms with Gasteiger partial charge < -0.3 is 10.1 Å². The first-order chi connectivity index (χ1) is 13.6. The van der Waals surface area contributed by atoms with Crippen molar-refractivity contribution in [2.24, 2.45) is 16.2 Å². The topological polar surface area (TPSA) is 89.5 Å². The zero-order valence-corrected chi connectivity index (χ0v) is 18.2. The van der Waals surface area contributed by atoms with E-state index in [4.69, 9.17) is 4.74 Å². The van der Waals surface area contributed by atoms with Crippen molar-refractivity contribution < 1.29 is 23.9 Å².